The Morgan fingerprint density at radius 2 is 0.795 bits per heavy atom. The smallest absolute Gasteiger partial charge is 0.143 e. The molecule has 1 heteroatoms. The van der Waals surface area contributed by atoms with Crippen LogP contribution in [0.4, 0.5) is 0 Å². The van der Waals surface area contributed by atoms with Gasteiger partial charge in [-0.15, -0.1) is 0 Å². The molecule has 0 bridgehead atoms. The first-order valence-electron chi connectivity index (χ1n) is 13.4. The SMILES string of the molecule is c1ccc(-c2ccc(-c3c4ccccc4c(-c4cccc5c4oc4ccccc45)c4ccccc34)cc2)cc1. The molecule has 1 nitrogen and oxygen atoms in total. The van der Waals surface area contributed by atoms with Crippen LogP contribution in [0.15, 0.2) is 150 Å². The van der Waals surface area contributed by atoms with Gasteiger partial charge in [0.1, 0.15) is 11.2 Å². The lowest BCUT2D eigenvalue weighted by atomic mass is 9.85. The Morgan fingerprint density at radius 1 is 0.308 bits per heavy atom. The Kier molecular flexibility index (Phi) is 4.89. The molecule has 0 spiro atoms. The Morgan fingerprint density at radius 3 is 1.46 bits per heavy atom. The van der Waals surface area contributed by atoms with Gasteiger partial charge >= 0.3 is 0 Å². The van der Waals surface area contributed by atoms with E-state index < -0.39 is 0 Å². The van der Waals surface area contributed by atoms with E-state index in [1.54, 1.807) is 0 Å². The quantitative estimate of drug-likeness (QED) is 0.222. The predicted octanol–water partition coefficient (Wildman–Crippen LogP) is 10.9. The van der Waals surface area contributed by atoms with Crippen LogP contribution in [-0.2, 0) is 0 Å². The molecule has 0 radical (unpaired) electrons. The normalized spacial score (nSPS) is 11.6. The molecule has 0 saturated carbocycles. The average molecular weight is 497 g/mol. The van der Waals surface area contributed by atoms with E-state index in [-0.39, 0.29) is 0 Å². The van der Waals surface area contributed by atoms with Crippen molar-refractivity contribution >= 4 is 43.5 Å². The first-order valence-corrected chi connectivity index (χ1v) is 13.4. The van der Waals surface area contributed by atoms with Gasteiger partial charge in [0, 0.05) is 21.9 Å². The van der Waals surface area contributed by atoms with Crippen molar-refractivity contribution in [3.8, 4) is 33.4 Å². The summed E-state index contributed by atoms with van der Waals surface area (Å²) in [6, 6.07) is 51.9. The Balaban J connectivity index is 1.44. The second-order valence-corrected chi connectivity index (χ2v) is 10.1. The van der Waals surface area contributed by atoms with Crippen LogP contribution in [0.5, 0.6) is 0 Å². The monoisotopic (exact) mass is 496 g/mol. The minimum atomic E-state index is 0.920. The van der Waals surface area contributed by atoms with Crippen LogP contribution in [0.1, 0.15) is 0 Å². The molecule has 0 unspecified atom stereocenters. The average Bonchev–Trinajstić information content (AvgIpc) is 3.40. The fourth-order valence-electron chi connectivity index (χ4n) is 6.13. The third kappa shape index (κ3) is 3.41. The number of rotatable bonds is 3. The minimum Gasteiger partial charge on any atom is -0.455 e. The molecule has 0 aliphatic rings. The van der Waals surface area contributed by atoms with Crippen LogP contribution in [0.3, 0.4) is 0 Å². The second kappa shape index (κ2) is 8.72. The molecule has 1 aromatic heterocycles. The number of benzene rings is 7. The van der Waals surface area contributed by atoms with Crippen LogP contribution in [0, 0.1) is 0 Å². The van der Waals surface area contributed by atoms with Crippen LogP contribution in [-0.4, -0.2) is 0 Å². The summed E-state index contributed by atoms with van der Waals surface area (Å²) in [4.78, 5) is 0. The molecule has 0 aliphatic carbocycles. The van der Waals surface area contributed by atoms with Crippen molar-refractivity contribution in [2.24, 2.45) is 0 Å². The standard InChI is InChI=1S/C38H24O/c1-2-11-25(12-3-1)26-21-23-27(24-22-26)36-29-14-4-6-16-31(29)37(32-17-7-5-15-30(32)36)34-19-10-18-33-28-13-8-9-20-35(28)39-38(33)34/h1-24H. The van der Waals surface area contributed by atoms with Crippen molar-refractivity contribution in [2.45, 2.75) is 0 Å². The molecule has 1 heterocycles. The van der Waals surface area contributed by atoms with E-state index in [1.165, 1.54) is 49.4 Å². The maximum atomic E-state index is 6.51. The van der Waals surface area contributed by atoms with Crippen LogP contribution in [0.25, 0.3) is 76.9 Å². The van der Waals surface area contributed by atoms with Crippen molar-refractivity contribution in [1.82, 2.24) is 0 Å². The summed E-state index contributed by atoms with van der Waals surface area (Å²) in [6.07, 6.45) is 0. The molecule has 0 fully saturated rings. The topological polar surface area (TPSA) is 13.1 Å². The van der Waals surface area contributed by atoms with Crippen molar-refractivity contribution in [3.63, 3.8) is 0 Å². The van der Waals surface area contributed by atoms with Gasteiger partial charge in [0.2, 0.25) is 0 Å². The molecule has 8 rings (SSSR count). The first kappa shape index (κ1) is 21.9. The Hall–Kier alpha value is -5.14. The van der Waals surface area contributed by atoms with E-state index in [0.29, 0.717) is 0 Å². The van der Waals surface area contributed by atoms with Gasteiger partial charge in [0.15, 0.2) is 0 Å². The molecule has 0 amide bonds. The van der Waals surface area contributed by atoms with Gasteiger partial charge in [0.05, 0.1) is 0 Å². The maximum Gasteiger partial charge on any atom is 0.143 e. The van der Waals surface area contributed by atoms with E-state index >= 15 is 0 Å². The molecular formula is C38H24O. The highest BCUT2D eigenvalue weighted by Gasteiger charge is 2.19. The number of para-hydroxylation sites is 2. The summed E-state index contributed by atoms with van der Waals surface area (Å²) in [6.45, 7) is 0. The van der Waals surface area contributed by atoms with E-state index in [4.69, 9.17) is 4.42 Å². The highest BCUT2D eigenvalue weighted by molar-refractivity contribution is 6.24. The zero-order chi connectivity index (χ0) is 25.8. The highest BCUT2D eigenvalue weighted by atomic mass is 16.3. The number of furan rings is 1. The van der Waals surface area contributed by atoms with Crippen molar-refractivity contribution in [3.05, 3.63) is 146 Å². The lowest BCUT2D eigenvalue weighted by Gasteiger charge is -2.18. The van der Waals surface area contributed by atoms with Gasteiger partial charge < -0.3 is 4.42 Å². The summed E-state index contributed by atoms with van der Waals surface area (Å²) < 4.78 is 6.51. The van der Waals surface area contributed by atoms with Crippen molar-refractivity contribution in [1.29, 1.82) is 0 Å². The number of hydrogen-bond donors (Lipinski definition) is 0. The second-order valence-electron chi connectivity index (χ2n) is 10.1. The molecule has 8 aromatic rings. The van der Waals surface area contributed by atoms with Crippen LogP contribution >= 0.6 is 0 Å². The van der Waals surface area contributed by atoms with Crippen LogP contribution in [0.2, 0.25) is 0 Å². The fourth-order valence-corrected chi connectivity index (χ4v) is 6.13. The molecule has 0 aliphatic heterocycles. The minimum absolute atomic E-state index is 0.920. The molecule has 7 aromatic carbocycles. The van der Waals surface area contributed by atoms with Crippen molar-refractivity contribution in [2.75, 3.05) is 0 Å². The Labute approximate surface area is 226 Å². The molecular weight excluding hydrogens is 472 g/mol. The molecule has 0 N–H and O–H groups in total. The zero-order valence-corrected chi connectivity index (χ0v) is 21.3. The summed E-state index contributed by atoms with van der Waals surface area (Å²) in [7, 11) is 0. The van der Waals surface area contributed by atoms with Gasteiger partial charge in [-0.3, -0.25) is 0 Å². The molecule has 39 heavy (non-hydrogen) atoms. The molecule has 182 valence electrons. The maximum absolute atomic E-state index is 6.51. The fraction of sp³-hybridized carbons (Fsp3) is 0. The van der Waals surface area contributed by atoms with Crippen LogP contribution < -0.4 is 0 Å². The summed E-state index contributed by atoms with van der Waals surface area (Å²) in [5.74, 6) is 0. The number of hydrogen-bond acceptors (Lipinski definition) is 1. The van der Waals surface area contributed by atoms with Gasteiger partial charge in [-0.25, -0.2) is 0 Å². The third-order valence-electron chi connectivity index (χ3n) is 7.89. The lowest BCUT2D eigenvalue weighted by Crippen LogP contribution is -1.91. The molecule has 0 atom stereocenters. The third-order valence-corrected chi connectivity index (χ3v) is 7.89. The van der Waals surface area contributed by atoms with E-state index in [2.05, 4.69) is 140 Å². The first-order chi connectivity index (χ1) is 19.4. The van der Waals surface area contributed by atoms with Gasteiger partial charge in [-0.05, 0) is 49.9 Å². The van der Waals surface area contributed by atoms with E-state index in [9.17, 15) is 0 Å². The van der Waals surface area contributed by atoms with Crippen molar-refractivity contribution < 1.29 is 4.42 Å². The summed E-state index contributed by atoms with van der Waals surface area (Å²) in [5, 5.41) is 7.24. The predicted molar refractivity (Wildman–Crippen MR) is 165 cm³/mol. The Bertz CT molecular complexity index is 2090. The highest BCUT2D eigenvalue weighted by Crippen LogP contribution is 2.46. The summed E-state index contributed by atoms with van der Waals surface area (Å²) in [5.41, 5.74) is 9.14. The zero-order valence-electron chi connectivity index (χ0n) is 21.3. The van der Waals surface area contributed by atoms with E-state index in [1.807, 2.05) is 6.07 Å². The molecule has 0 saturated heterocycles. The van der Waals surface area contributed by atoms with Gasteiger partial charge in [0.25, 0.3) is 0 Å². The largest absolute Gasteiger partial charge is 0.455 e. The van der Waals surface area contributed by atoms with E-state index in [0.717, 1.165) is 27.5 Å². The lowest BCUT2D eigenvalue weighted by molar-refractivity contribution is 0.670. The summed E-state index contributed by atoms with van der Waals surface area (Å²) >= 11 is 0. The number of fused-ring (bicyclic) bond motifs is 5. The van der Waals surface area contributed by atoms with Gasteiger partial charge in [-0.1, -0.05) is 140 Å². The van der Waals surface area contributed by atoms with Gasteiger partial charge in [-0.2, -0.15) is 0 Å².